The predicted octanol–water partition coefficient (Wildman–Crippen LogP) is 4.50. The molecule has 0 bridgehead atoms. The van der Waals surface area contributed by atoms with E-state index in [1.807, 2.05) is 0 Å². The molecule has 0 fully saturated rings. The quantitative estimate of drug-likeness (QED) is 0.408. The third kappa shape index (κ3) is 5.44. The molecule has 2 aromatic carbocycles. The van der Waals surface area contributed by atoms with Gasteiger partial charge in [-0.05, 0) is 32.8 Å². The Bertz CT molecular complexity index is 820. The molecule has 28 heavy (non-hydrogen) atoms. The maximum Gasteiger partial charge on any atom is 0.417 e. The van der Waals surface area contributed by atoms with Gasteiger partial charge in [-0.1, -0.05) is 6.07 Å². The number of carbonyl (C=O) groups excluding carboxylic acids is 1. The first-order valence-electron chi connectivity index (χ1n) is 7.29. The monoisotopic (exact) mass is 417 g/mol. The summed E-state index contributed by atoms with van der Waals surface area (Å²) in [6.45, 7) is 0. The molecule has 0 saturated carbocycles. The van der Waals surface area contributed by atoms with Crippen LogP contribution in [0.1, 0.15) is 21.5 Å². The van der Waals surface area contributed by atoms with Crippen molar-refractivity contribution in [1.82, 2.24) is 0 Å². The van der Waals surface area contributed by atoms with Gasteiger partial charge in [0.15, 0.2) is 5.52 Å². The van der Waals surface area contributed by atoms with Gasteiger partial charge in [-0.3, -0.25) is 4.79 Å². The summed E-state index contributed by atoms with van der Waals surface area (Å²) in [5, 5.41) is 0.161. The van der Waals surface area contributed by atoms with Crippen LogP contribution in [0.25, 0.3) is 0 Å². The van der Waals surface area contributed by atoms with Gasteiger partial charge < -0.3 is 9.47 Å². The van der Waals surface area contributed by atoms with E-state index in [4.69, 9.17) is 9.47 Å². The van der Waals surface area contributed by atoms with E-state index < -0.39 is 43.1 Å². The zero-order valence-corrected chi connectivity index (χ0v) is 16.0. The van der Waals surface area contributed by atoms with Crippen LogP contribution in [0.4, 0.5) is 26.3 Å². The summed E-state index contributed by atoms with van der Waals surface area (Å²) in [6.07, 6.45) is -10.2. The second kappa shape index (κ2) is 9.21. The Morgan fingerprint density at radius 3 is 1.86 bits per heavy atom. The molecule has 0 aromatic heterocycles. The third-order valence-corrected chi connectivity index (χ3v) is 4.72. The second-order valence-electron chi connectivity index (χ2n) is 5.24. The summed E-state index contributed by atoms with van der Waals surface area (Å²) in [6, 6.07) is 5.71. The van der Waals surface area contributed by atoms with Crippen molar-refractivity contribution in [2.75, 3.05) is 14.2 Å². The normalized spacial score (nSPS) is 12.0. The summed E-state index contributed by atoms with van der Waals surface area (Å²) >= 11 is 0. The van der Waals surface area contributed by atoms with E-state index in [9.17, 15) is 31.1 Å². The van der Waals surface area contributed by atoms with Crippen molar-refractivity contribution < 1.29 is 40.6 Å². The summed E-state index contributed by atoms with van der Waals surface area (Å²) in [7, 11) is 1.62. The van der Waals surface area contributed by atoms with Gasteiger partial charge in [0, 0.05) is 35.8 Å². The Labute approximate surface area is 170 Å². The minimum atomic E-state index is -5.11. The van der Waals surface area contributed by atoms with Gasteiger partial charge in [0.05, 0.1) is 25.3 Å². The van der Waals surface area contributed by atoms with E-state index in [1.165, 1.54) is 32.4 Å². The van der Waals surface area contributed by atoms with E-state index in [2.05, 4.69) is 0 Å². The van der Waals surface area contributed by atoms with Crippen molar-refractivity contribution in [3.63, 3.8) is 0 Å². The first-order valence-corrected chi connectivity index (χ1v) is 8.29. The smallest absolute Gasteiger partial charge is 0.417 e. The number of carbonyl (C=O) groups is 1. The molecule has 0 saturated heterocycles. The molecule has 0 heterocycles. The number of halogens is 6. The molecular weight excluding hydrogens is 404 g/mol. The largest absolute Gasteiger partial charge is 0.497 e. The van der Waals surface area contributed by atoms with Crippen molar-refractivity contribution in [2.45, 2.75) is 12.4 Å². The van der Waals surface area contributed by atoms with Crippen molar-refractivity contribution in [2.24, 2.45) is 0 Å². The fourth-order valence-electron chi connectivity index (χ4n) is 2.36. The standard InChI is InChI=1S/C17H13F6O3P.Li/c1-25-9-6-7-13(12(8-9)26-2)27-15(24)14-10(16(18,19)20)4-3-5-11(14)17(21,22)23;/h3-8,27H,1-2H3;. The Hall–Kier alpha value is -1.68. The molecule has 2 aromatic rings. The van der Waals surface area contributed by atoms with Crippen molar-refractivity contribution in [3.8, 4) is 11.5 Å². The van der Waals surface area contributed by atoms with Crippen LogP contribution < -0.4 is 14.8 Å². The van der Waals surface area contributed by atoms with E-state index in [0.717, 1.165) is 0 Å². The van der Waals surface area contributed by atoms with Crippen LogP contribution in [0.2, 0.25) is 0 Å². The summed E-state index contributed by atoms with van der Waals surface area (Å²) < 4.78 is 89.2. The molecule has 1 atom stereocenters. The number of hydrogen-bond acceptors (Lipinski definition) is 3. The molecule has 0 N–H and O–H groups in total. The van der Waals surface area contributed by atoms with Gasteiger partial charge >= 0.3 is 12.4 Å². The van der Waals surface area contributed by atoms with Gasteiger partial charge in [0.1, 0.15) is 11.5 Å². The fourth-order valence-corrected chi connectivity index (χ4v) is 3.46. The van der Waals surface area contributed by atoms with Crippen molar-refractivity contribution in [1.29, 1.82) is 0 Å². The molecular formula is C17H13F6LiO3P. The van der Waals surface area contributed by atoms with E-state index in [1.54, 1.807) is 0 Å². The summed E-state index contributed by atoms with van der Waals surface area (Å²) in [4.78, 5) is 12.5. The molecule has 11 heteroatoms. The molecule has 0 amide bonds. The van der Waals surface area contributed by atoms with Gasteiger partial charge in [-0.15, -0.1) is 0 Å². The van der Waals surface area contributed by atoms with Crippen molar-refractivity contribution in [3.05, 3.63) is 53.1 Å². The zero-order chi connectivity index (χ0) is 20.4. The number of hydrogen-bond donors (Lipinski definition) is 0. The molecule has 0 aliphatic carbocycles. The van der Waals surface area contributed by atoms with Gasteiger partial charge in [-0.25, -0.2) is 0 Å². The Morgan fingerprint density at radius 2 is 1.43 bits per heavy atom. The topological polar surface area (TPSA) is 35.5 Å². The van der Waals surface area contributed by atoms with E-state index in [-0.39, 0.29) is 29.9 Å². The third-order valence-electron chi connectivity index (χ3n) is 3.56. The maximum atomic E-state index is 13.2. The minimum Gasteiger partial charge on any atom is -0.497 e. The van der Waals surface area contributed by atoms with E-state index >= 15 is 0 Å². The molecule has 147 valence electrons. The second-order valence-corrected chi connectivity index (χ2v) is 6.49. The molecule has 3 nitrogen and oxygen atoms in total. The van der Waals surface area contributed by atoms with Crippen LogP contribution in [-0.2, 0) is 12.4 Å². The van der Waals surface area contributed by atoms with Gasteiger partial charge in [0.25, 0.3) is 0 Å². The Morgan fingerprint density at radius 1 is 0.893 bits per heavy atom. The van der Waals surface area contributed by atoms with Crippen LogP contribution in [0, 0.1) is 0 Å². The molecule has 1 radical (unpaired) electrons. The first-order chi connectivity index (χ1) is 12.5. The number of methoxy groups -OCH3 is 2. The number of ether oxygens (including phenoxy) is 2. The average molecular weight is 417 g/mol. The van der Waals surface area contributed by atoms with E-state index in [0.29, 0.717) is 23.9 Å². The Kier molecular flexibility index (Phi) is 8.01. The summed E-state index contributed by atoms with van der Waals surface area (Å²) in [5.74, 6) is 0.485. The van der Waals surface area contributed by atoms with Crippen molar-refractivity contribution >= 4 is 38.3 Å². The molecule has 2 rings (SSSR count). The van der Waals surface area contributed by atoms with Crippen LogP contribution in [-0.4, -0.2) is 38.6 Å². The minimum absolute atomic E-state index is 0. The molecule has 0 aliphatic rings. The average Bonchev–Trinajstić information content (AvgIpc) is 2.59. The number of rotatable bonds is 5. The predicted molar refractivity (Wildman–Crippen MR) is 94.0 cm³/mol. The van der Waals surface area contributed by atoms with Crippen LogP contribution >= 0.6 is 8.58 Å². The fraction of sp³-hybridized carbons (Fsp3) is 0.235. The van der Waals surface area contributed by atoms with Gasteiger partial charge in [0.2, 0.25) is 0 Å². The van der Waals surface area contributed by atoms with Crippen LogP contribution in [0.3, 0.4) is 0 Å². The molecule has 0 spiro atoms. The Balaban J connectivity index is 0.00000392. The van der Waals surface area contributed by atoms with Crippen LogP contribution in [0.5, 0.6) is 11.5 Å². The summed E-state index contributed by atoms with van der Waals surface area (Å²) in [5.41, 5.74) is -5.93. The van der Waals surface area contributed by atoms with Crippen LogP contribution in [0.15, 0.2) is 36.4 Å². The maximum absolute atomic E-state index is 13.2. The van der Waals surface area contributed by atoms with Gasteiger partial charge in [-0.2, -0.15) is 26.3 Å². The molecule has 0 aliphatic heterocycles. The zero-order valence-electron chi connectivity index (χ0n) is 15.0. The first kappa shape index (κ1) is 24.4. The number of alkyl halides is 6. The SMILES string of the molecule is COc1ccc(PC(=O)c2c(C(F)(F)F)cccc2C(F)(F)F)c(OC)c1.[Li]. The molecule has 1 unspecified atom stereocenters. The number of benzene rings is 2.